The highest BCUT2D eigenvalue weighted by molar-refractivity contribution is 5.78. The van der Waals surface area contributed by atoms with E-state index in [4.69, 9.17) is 0 Å². The average Bonchev–Trinajstić information content (AvgIpc) is 2.24. The van der Waals surface area contributed by atoms with Gasteiger partial charge in [0.2, 0.25) is 5.91 Å². The molecule has 0 aromatic heterocycles. The van der Waals surface area contributed by atoms with Crippen LogP contribution in [0.15, 0.2) is 0 Å². The van der Waals surface area contributed by atoms with Gasteiger partial charge in [0.25, 0.3) is 0 Å². The number of unbranched alkanes of at least 4 members (excludes halogenated alkanes) is 2. The fraction of sp³-hybridized carbons (Fsp3) is 0.917. The van der Waals surface area contributed by atoms with Crippen LogP contribution in [0.5, 0.6) is 0 Å². The molecule has 0 bridgehead atoms. The first-order valence-electron chi connectivity index (χ1n) is 6.20. The molecule has 1 heterocycles. The van der Waals surface area contributed by atoms with E-state index >= 15 is 0 Å². The van der Waals surface area contributed by atoms with E-state index in [1.54, 1.807) is 0 Å². The molecule has 0 radical (unpaired) electrons. The van der Waals surface area contributed by atoms with Crippen molar-refractivity contribution in [3.8, 4) is 0 Å². The van der Waals surface area contributed by atoms with Gasteiger partial charge in [-0.1, -0.05) is 19.8 Å². The van der Waals surface area contributed by atoms with Crippen molar-refractivity contribution in [2.24, 2.45) is 5.92 Å². The lowest BCUT2D eigenvalue weighted by Crippen LogP contribution is -2.41. The largest absolute Gasteiger partial charge is 0.356 e. The SMILES string of the molecule is CCCCCNC(=O)[C@@H]1CCCN(C)C1. The molecule has 0 saturated carbocycles. The molecule has 1 aliphatic heterocycles. The summed E-state index contributed by atoms with van der Waals surface area (Å²) in [6.07, 6.45) is 5.76. The van der Waals surface area contributed by atoms with Crippen LogP contribution < -0.4 is 5.32 Å². The van der Waals surface area contributed by atoms with Crippen LogP contribution in [-0.2, 0) is 4.79 Å². The maximum atomic E-state index is 11.8. The second-order valence-corrected chi connectivity index (χ2v) is 4.60. The minimum absolute atomic E-state index is 0.227. The van der Waals surface area contributed by atoms with Gasteiger partial charge in [-0.3, -0.25) is 4.79 Å². The molecule has 0 unspecified atom stereocenters. The predicted octanol–water partition coefficient (Wildman–Crippen LogP) is 1.63. The highest BCUT2D eigenvalue weighted by Gasteiger charge is 2.23. The number of likely N-dealkylation sites (tertiary alicyclic amines) is 1. The molecule has 1 atom stereocenters. The van der Waals surface area contributed by atoms with Crippen molar-refractivity contribution in [1.29, 1.82) is 0 Å². The standard InChI is InChI=1S/C12H24N2O/c1-3-4-5-8-13-12(15)11-7-6-9-14(2)10-11/h11H,3-10H2,1-2H3,(H,13,15)/t11-/m1/s1. The van der Waals surface area contributed by atoms with E-state index in [1.165, 1.54) is 12.8 Å². The van der Waals surface area contributed by atoms with Crippen LogP contribution in [0.2, 0.25) is 0 Å². The Morgan fingerprint density at radius 3 is 2.93 bits per heavy atom. The number of carbonyl (C=O) groups excluding carboxylic acids is 1. The van der Waals surface area contributed by atoms with E-state index in [-0.39, 0.29) is 11.8 Å². The summed E-state index contributed by atoms with van der Waals surface area (Å²) in [6, 6.07) is 0. The Labute approximate surface area is 93.2 Å². The quantitative estimate of drug-likeness (QED) is 0.703. The average molecular weight is 212 g/mol. The van der Waals surface area contributed by atoms with Crippen molar-refractivity contribution in [1.82, 2.24) is 10.2 Å². The third kappa shape index (κ3) is 4.65. The monoisotopic (exact) mass is 212 g/mol. The first-order valence-corrected chi connectivity index (χ1v) is 6.20. The zero-order valence-corrected chi connectivity index (χ0v) is 10.1. The number of carbonyl (C=O) groups is 1. The first-order chi connectivity index (χ1) is 7.24. The van der Waals surface area contributed by atoms with Gasteiger partial charge >= 0.3 is 0 Å². The van der Waals surface area contributed by atoms with Gasteiger partial charge in [-0.15, -0.1) is 0 Å². The van der Waals surface area contributed by atoms with Gasteiger partial charge in [-0.2, -0.15) is 0 Å². The molecule has 0 aliphatic carbocycles. The number of amides is 1. The fourth-order valence-electron chi connectivity index (χ4n) is 2.11. The zero-order valence-electron chi connectivity index (χ0n) is 10.1. The third-order valence-corrected chi connectivity index (χ3v) is 3.07. The van der Waals surface area contributed by atoms with Crippen molar-refractivity contribution >= 4 is 5.91 Å². The summed E-state index contributed by atoms with van der Waals surface area (Å²) >= 11 is 0. The number of hydrogen-bond acceptors (Lipinski definition) is 2. The summed E-state index contributed by atoms with van der Waals surface area (Å²) < 4.78 is 0. The number of nitrogens with zero attached hydrogens (tertiary/aromatic N) is 1. The molecule has 0 spiro atoms. The Bertz CT molecular complexity index is 194. The van der Waals surface area contributed by atoms with Crippen LogP contribution in [0.3, 0.4) is 0 Å². The Balaban J connectivity index is 2.15. The number of hydrogen-bond donors (Lipinski definition) is 1. The van der Waals surface area contributed by atoms with E-state index in [2.05, 4.69) is 24.2 Å². The normalized spacial score (nSPS) is 22.7. The van der Waals surface area contributed by atoms with E-state index in [0.717, 1.165) is 38.9 Å². The summed E-state index contributed by atoms with van der Waals surface area (Å²) in [7, 11) is 2.09. The number of piperidine rings is 1. The molecule has 1 fully saturated rings. The topological polar surface area (TPSA) is 32.3 Å². The van der Waals surface area contributed by atoms with Crippen LogP contribution in [0.1, 0.15) is 39.0 Å². The molecule has 0 aromatic rings. The highest BCUT2D eigenvalue weighted by atomic mass is 16.1. The molecule has 0 aromatic carbocycles. The summed E-state index contributed by atoms with van der Waals surface area (Å²) in [4.78, 5) is 14.0. The number of rotatable bonds is 5. The van der Waals surface area contributed by atoms with Gasteiger partial charge in [0, 0.05) is 13.1 Å². The second kappa shape index (κ2) is 6.83. The molecule has 1 rings (SSSR count). The molecular formula is C12H24N2O. The van der Waals surface area contributed by atoms with E-state index in [9.17, 15) is 4.79 Å². The van der Waals surface area contributed by atoms with Crippen LogP contribution in [0, 0.1) is 5.92 Å². The van der Waals surface area contributed by atoms with Crippen molar-refractivity contribution in [2.45, 2.75) is 39.0 Å². The van der Waals surface area contributed by atoms with E-state index in [1.807, 2.05) is 0 Å². The van der Waals surface area contributed by atoms with E-state index < -0.39 is 0 Å². The molecule has 3 nitrogen and oxygen atoms in total. The Morgan fingerprint density at radius 1 is 1.47 bits per heavy atom. The van der Waals surface area contributed by atoms with Crippen LogP contribution in [-0.4, -0.2) is 37.5 Å². The fourth-order valence-corrected chi connectivity index (χ4v) is 2.11. The summed E-state index contributed by atoms with van der Waals surface area (Å²) in [6.45, 7) is 5.10. The minimum Gasteiger partial charge on any atom is -0.356 e. The predicted molar refractivity (Wildman–Crippen MR) is 62.8 cm³/mol. The molecule has 88 valence electrons. The Kier molecular flexibility index (Phi) is 5.69. The van der Waals surface area contributed by atoms with Gasteiger partial charge in [0.1, 0.15) is 0 Å². The van der Waals surface area contributed by atoms with Gasteiger partial charge in [0.05, 0.1) is 5.92 Å². The van der Waals surface area contributed by atoms with Crippen molar-refractivity contribution in [3.63, 3.8) is 0 Å². The van der Waals surface area contributed by atoms with Crippen molar-refractivity contribution in [2.75, 3.05) is 26.7 Å². The zero-order chi connectivity index (χ0) is 11.1. The van der Waals surface area contributed by atoms with Crippen molar-refractivity contribution < 1.29 is 4.79 Å². The molecular weight excluding hydrogens is 188 g/mol. The van der Waals surface area contributed by atoms with Crippen molar-refractivity contribution in [3.05, 3.63) is 0 Å². The second-order valence-electron chi connectivity index (χ2n) is 4.60. The molecule has 1 amide bonds. The summed E-state index contributed by atoms with van der Waals surface area (Å²) in [5.74, 6) is 0.489. The summed E-state index contributed by atoms with van der Waals surface area (Å²) in [5, 5.41) is 3.04. The van der Waals surface area contributed by atoms with Crippen LogP contribution in [0.4, 0.5) is 0 Å². The third-order valence-electron chi connectivity index (χ3n) is 3.07. The Hall–Kier alpha value is -0.570. The maximum absolute atomic E-state index is 11.8. The molecule has 1 aliphatic rings. The van der Waals surface area contributed by atoms with Crippen LogP contribution in [0.25, 0.3) is 0 Å². The molecule has 1 N–H and O–H groups in total. The highest BCUT2D eigenvalue weighted by Crippen LogP contribution is 2.14. The van der Waals surface area contributed by atoms with E-state index in [0.29, 0.717) is 0 Å². The molecule has 1 saturated heterocycles. The Morgan fingerprint density at radius 2 is 2.27 bits per heavy atom. The lowest BCUT2D eigenvalue weighted by Gasteiger charge is -2.28. The van der Waals surface area contributed by atoms with Gasteiger partial charge in [-0.25, -0.2) is 0 Å². The minimum atomic E-state index is 0.227. The lowest BCUT2D eigenvalue weighted by molar-refractivity contribution is -0.126. The first kappa shape index (κ1) is 12.5. The smallest absolute Gasteiger partial charge is 0.224 e. The lowest BCUT2D eigenvalue weighted by atomic mass is 9.97. The van der Waals surface area contributed by atoms with Gasteiger partial charge in [-0.05, 0) is 32.9 Å². The molecule has 15 heavy (non-hydrogen) atoms. The summed E-state index contributed by atoms with van der Waals surface area (Å²) in [5.41, 5.74) is 0. The number of nitrogens with one attached hydrogen (secondary N) is 1. The van der Waals surface area contributed by atoms with Gasteiger partial charge in [0.15, 0.2) is 0 Å². The maximum Gasteiger partial charge on any atom is 0.224 e. The van der Waals surface area contributed by atoms with Gasteiger partial charge < -0.3 is 10.2 Å². The van der Waals surface area contributed by atoms with Crippen LogP contribution >= 0.6 is 0 Å². The molecule has 3 heteroatoms.